The van der Waals surface area contributed by atoms with Crippen molar-refractivity contribution >= 4 is 50.5 Å². The zero-order valence-corrected chi connectivity index (χ0v) is 23.1. The van der Waals surface area contributed by atoms with Crippen LogP contribution in [0.5, 0.6) is 11.5 Å². The number of rotatable bonds is 9. The molecule has 196 valence electrons. The fraction of sp³-hybridized carbons (Fsp3) is 0.143. The minimum atomic E-state index is -4.01. The first-order chi connectivity index (χ1) is 18.2. The predicted octanol–water partition coefficient (Wildman–Crippen LogP) is 6.08. The SMILES string of the molecule is C=CCN1C(=O)C(=Cc2ccc(OCc3ccccc3Cl)c(OC)c2)SC1=NS(=O)(=O)c1ccc(C)cc1. The summed E-state index contributed by atoms with van der Waals surface area (Å²) in [4.78, 5) is 14.8. The van der Waals surface area contributed by atoms with Gasteiger partial charge in [0.1, 0.15) is 6.61 Å². The van der Waals surface area contributed by atoms with Gasteiger partial charge in [0.05, 0.1) is 16.9 Å². The number of methoxy groups -OCH3 is 1. The van der Waals surface area contributed by atoms with Gasteiger partial charge in [-0.3, -0.25) is 9.69 Å². The van der Waals surface area contributed by atoms with Crippen molar-refractivity contribution in [3.8, 4) is 11.5 Å². The second-order valence-corrected chi connectivity index (χ2v) is 11.3. The number of halogens is 1. The van der Waals surface area contributed by atoms with Gasteiger partial charge in [0, 0.05) is 17.1 Å². The maximum absolute atomic E-state index is 13.1. The lowest BCUT2D eigenvalue weighted by molar-refractivity contribution is -0.121. The van der Waals surface area contributed by atoms with E-state index in [2.05, 4.69) is 11.0 Å². The van der Waals surface area contributed by atoms with Crippen LogP contribution in [-0.4, -0.2) is 38.0 Å². The first-order valence-electron chi connectivity index (χ1n) is 11.5. The van der Waals surface area contributed by atoms with E-state index in [9.17, 15) is 13.2 Å². The Morgan fingerprint density at radius 3 is 2.50 bits per heavy atom. The van der Waals surface area contributed by atoms with E-state index in [0.717, 1.165) is 22.9 Å². The van der Waals surface area contributed by atoms with Crippen LogP contribution in [0.3, 0.4) is 0 Å². The van der Waals surface area contributed by atoms with Crippen LogP contribution in [0.15, 0.2) is 93.6 Å². The van der Waals surface area contributed by atoms with Gasteiger partial charge in [-0.1, -0.05) is 59.6 Å². The highest BCUT2D eigenvalue weighted by Gasteiger charge is 2.34. The van der Waals surface area contributed by atoms with Crippen LogP contribution < -0.4 is 9.47 Å². The number of ether oxygens (including phenoxy) is 2. The minimum absolute atomic E-state index is 0.0525. The Balaban J connectivity index is 1.59. The normalized spacial score (nSPS) is 15.8. The Labute approximate surface area is 231 Å². The second-order valence-electron chi connectivity index (χ2n) is 8.27. The van der Waals surface area contributed by atoms with Crippen molar-refractivity contribution < 1.29 is 22.7 Å². The van der Waals surface area contributed by atoms with Gasteiger partial charge in [-0.25, -0.2) is 0 Å². The lowest BCUT2D eigenvalue weighted by atomic mass is 10.1. The lowest BCUT2D eigenvalue weighted by Gasteiger charge is -2.13. The summed E-state index contributed by atoms with van der Waals surface area (Å²) < 4.78 is 41.2. The third-order valence-electron chi connectivity index (χ3n) is 5.54. The predicted molar refractivity (Wildman–Crippen MR) is 152 cm³/mol. The van der Waals surface area contributed by atoms with Gasteiger partial charge in [0.25, 0.3) is 15.9 Å². The van der Waals surface area contributed by atoms with Crippen LogP contribution in [0.25, 0.3) is 6.08 Å². The molecule has 0 aromatic heterocycles. The third-order valence-corrected chi connectivity index (χ3v) is 8.32. The Bertz CT molecular complexity index is 1530. The molecule has 0 atom stereocenters. The first-order valence-corrected chi connectivity index (χ1v) is 14.1. The number of aryl methyl sites for hydroxylation is 1. The van der Waals surface area contributed by atoms with Gasteiger partial charge >= 0.3 is 0 Å². The maximum Gasteiger partial charge on any atom is 0.284 e. The number of carbonyl (C=O) groups excluding carboxylic acids is 1. The van der Waals surface area contributed by atoms with Crippen molar-refractivity contribution in [3.05, 3.63) is 106 Å². The summed E-state index contributed by atoms with van der Waals surface area (Å²) in [5.41, 5.74) is 2.44. The number of nitrogens with zero attached hydrogens (tertiary/aromatic N) is 2. The van der Waals surface area contributed by atoms with Gasteiger partial charge in [-0.15, -0.1) is 11.0 Å². The number of amides is 1. The van der Waals surface area contributed by atoms with Gasteiger partial charge < -0.3 is 9.47 Å². The van der Waals surface area contributed by atoms with E-state index in [1.807, 2.05) is 25.1 Å². The summed E-state index contributed by atoms with van der Waals surface area (Å²) in [6, 6.07) is 19.0. The summed E-state index contributed by atoms with van der Waals surface area (Å²) in [7, 11) is -2.49. The zero-order chi connectivity index (χ0) is 27.3. The zero-order valence-electron chi connectivity index (χ0n) is 20.8. The molecule has 0 bridgehead atoms. The van der Waals surface area contributed by atoms with E-state index < -0.39 is 10.0 Å². The Hall–Kier alpha value is -3.53. The second kappa shape index (κ2) is 11.9. The Morgan fingerprint density at radius 1 is 1.08 bits per heavy atom. The highest BCUT2D eigenvalue weighted by Crippen LogP contribution is 2.36. The molecule has 0 unspecified atom stereocenters. The van der Waals surface area contributed by atoms with E-state index in [1.54, 1.807) is 42.5 Å². The van der Waals surface area contributed by atoms with E-state index in [-0.39, 0.29) is 29.1 Å². The van der Waals surface area contributed by atoms with Crippen LogP contribution in [0.1, 0.15) is 16.7 Å². The van der Waals surface area contributed by atoms with Crippen molar-refractivity contribution in [2.75, 3.05) is 13.7 Å². The number of amidine groups is 1. The van der Waals surface area contributed by atoms with Crippen molar-refractivity contribution in [2.24, 2.45) is 4.40 Å². The number of benzene rings is 3. The largest absolute Gasteiger partial charge is 0.493 e. The number of carbonyl (C=O) groups is 1. The van der Waals surface area contributed by atoms with Crippen molar-refractivity contribution in [1.29, 1.82) is 0 Å². The van der Waals surface area contributed by atoms with E-state index in [1.165, 1.54) is 30.2 Å². The summed E-state index contributed by atoms with van der Waals surface area (Å²) >= 11 is 7.20. The third kappa shape index (κ3) is 6.30. The quantitative estimate of drug-likeness (QED) is 0.230. The summed E-state index contributed by atoms with van der Waals surface area (Å²) in [5.74, 6) is 0.617. The van der Waals surface area contributed by atoms with Gasteiger partial charge in [0.15, 0.2) is 16.7 Å². The molecule has 0 aliphatic carbocycles. The number of sulfonamides is 1. The summed E-state index contributed by atoms with van der Waals surface area (Å²) in [6.45, 7) is 5.92. The molecule has 3 aromatic rings. The minimum Gasteiger partial charge on any atom is -0.493 e. The molecule has 1 saturated heterocycles. The maximum atomic E-state index is 13.1. The smallest absolute Gasteiger partial charge is 0.284 e. The molecule has 1 heterocycles. The van der Waals surface area contributed by atoms with Crippen LogP contribution in [-0.2, 0) is 21.4 Å². The topological polar surface area (TPSA) is 85.3 Å². The van der Waals surface area contributed by atoms with Crippen LogP contribution >= 0.6 is 23.4 Å². The summed E-state index contributed by atoms with van der Waals surface area (Å²) in [6.07, 6.45) is 3.17. The molecule has 0 spiro atoms. The van der Waals surface area contributed by atoms with Gasteiger partial charge in [-0.05, 0) is 60.7 Å². The molecule has 38 heavy (non-hydrogen) atoms. The van der Waals surface area contributed by atoms with E-state index >= 15 is 0 Å². The van der Waals surface area contributed by atoms with Crippen molar-refractivity contribution in [1.82, 2.24) is 4.90 Å². The first kappa shape index (κ1) is 27.5. The molecular formula is C28H25ClN2O5S2. The van der Waals surface area contributed by atoms with Gasteiger partial charge in [-0.2, -0.15) is 8.42 Å². The van der Waals surface area contributed by atoms with E-state index in [4.69, 9.17) is 21.1 Å². The molecule has 1 aliphatic heterocycles. The molecule has 0 radical (unpaired) electrons. The average Bonchev–Trinajstić information content (AvgIpc) is 3.17. The molecule has 7 nitrogen and oxygen atoms in total. The fourth-order valence-electron chi connectivity index (χ4n) is 3.55. The van der Waals surface area contributed by atoms with Crippen LogP contribution in [0.4, 0.5) is 0 Å². The van der Waals surface area contributed by atoms with Crippen LogP contribution in [0.2, 0.25) is 5.02 Å². The Morgan fingerprint density at radius 2 is 1.82 bits per heavy atom. The average molecular weight is 569 g/mol. The number of hydrogen-bond donors (Lipinski definition) is 0. The Kier molecular flexibility index (Phi) is 8.61. The standard InChI is InChI=1S/C28H25ClN2O5S2/c1-4-15-31-27(32)26(37-28(31)30-38(33,34)22-12-9-19(2)10-13-22)17-20-11-14-24(25(16-20)35-3)36-18-21-7-5-6-8-23(21)29/h4-14,16-17H,1,15,18H2,2-3H3. The monoisotopic (exact) mass is 568 g/mol. The molecule has 4 rings (SSSR count). The highest BCUT2D eigenvalue weighted by molar-refractivity contribution is 8.19. The molecular weight excluding hydrogens is 544 g/mol. The molecule has 0 N–H and O–H groups in total. The van der Waals surface area contributed by atoms with Crippen molar-refractivity contribution in [3.63, 3.8) is 0 Å². The lowest BCUT2D eigenvalue weighted by Crippen LogP contribution is -2.29. The molecule has 0 saturated carbocycles. The number of thioether (sulfide) groups is 1. The highest BCUT2D eigenvalue weighted by atomic mass is 35.5. The fourth-order valence-corrected chi connectivity index (χ4v) is 5.93. The van der Waals surface area contributed by atoms with Gasteiger partial charge in [0.2, 0.25) is 0 Å². The molecule has 1 fully saturated rings. The number of hydrogen-bond acceptors (Lipinski definition) is 6. The molecule has 1 aliphatic rings. The molecule has 1 amide bonds. The molecule has 3 aromatic carbocycles. The van der Waals surface area contributed by atoms with E-state index in [0.29, 0.717) is 27.0 Å². The van der Waals surface area contributed by atoms with Crippen molar-refractivity contribution in [2.45, 2.75) is 18.4 Å². The van der Waals surface area contributed by atoms with Crippen LogP contribution in [0, 0.1) is 6.92 Å². The summed E-state index contributed by atoms with van der Waals surface area (Å²) in [5, 5.41) is 0.670. The molecule has 10 heteroatoms.